The predicted molar refractivity (Wildman–Crippen MR) is 132 cm³/mol. The van der Waals surface area contributed by atoms with Crippen molar-refractivity contribution in [2.75, 3.05) is 14.2 Å². The summed E-state index contributed by atoms with van der Waals surface area (Å²) in [5.74, 6) is -0.0804. The number of nitrogens with zero attached hydrogens (tertiary/aromatic N) is 3. The van der Waals surface area contributed by atoms with Crippen LogP contribution < -0.4 is 0 Å². The second-order valence-corrected chi connectivity index (χ2v) is 10.2. The summed E-state index contributed by atoms with van der Waals surface area (Å²) in [5, 5.41) is 3.41. The van der Waals surface area contributed by atoms with Crippen LogP contribution in [0.4, 0.5) is 0 Å². The smallest absolute Gasteiger partial charge is 0.285 e. The van der Waals surface area contributed by atoms with Crippen LogP contribution in [0.5, 0.6) is 0 Å². The van der Waals surface area contributed by atoms with E-state index in [0.29, 0.717) is 15.0 Å². The fraction of sp³-hybridized carbons (Fsp3) is 0.333. The average Bonchev–Trinajstić information content (AvgIpc) is 3.26. The van der Waals surface area contributed by atoms with Crippen molar-refractivity contribution in [3.63, 3.8) is 0 Å². The maximum atomic E-state index is 13.1. The van der Waals surface area contributed by atoms with E-state index in [-0.39, 0.29) is 17.9 Å². The van der Waals surface area contributed by atoms with Crippen LogP contribution in [-0.2, 0) is 15.2 Å². The number of carbonyl (C=O) groups is 1. The number of aliphatic imine (C=N–C) groups is 1. The summed E-state index contributed by atoms with van der Waals surface area (Å²) in [7, 11) is 3.10. The largest absolute Gasteiger partial charge is 0.313 e. The molecule has 2 aromatic carbocycles. The van der Waals surface area contributed by atoms with E-state index < -0.39 is 5.54 Å². The molecule has 0 bridgehead atoms. The topological polar surface area (TPSA) is 45.1 Å². The fourth-order valence-electron chi connectivity index (χ4n) is 4.29. The number of likely N-dealkylation sites (N-methyl/N-ethyl adjacent to an activating group) is 1. The molecule has 0 fully saturated rings. The van der Waals surface area contributed by atoms with Crippen LogP contribution in [0.2, 0.25) is 10.0 Å². The van der Waals surface area contributed by atoms with Crippen molar-refractivity contribution in [2.45, 2.75) is 32.4 Å². The van der Waals surface area contributed by atoms with E-state index in [9.17, 15) is 4.79 Å². The molecule has 32 heavy (non-hydrogen) atoms. The van der Waals surface area contributed by atoms with Crippen LogP contribution in [0.1, 0.15) is 37.9 Å². The number of amides is 1. The molecule has 1 amide bonds. The molecule has 2 unspecified atom stereocenters. The summed E-state index contributed by atoms with van der Waals surface area (Å²) in [4.78, 5) is 26.3. The summed E-state index contributed by atoms with van der Waals surface area (Å²) < 4.78 is 0. The summed E-state index contributed by atoms with van der Waals surface area (Å²) in [6.07, 6.45) is 0. The van der Waals surface area contributed by atoms with E-state index in [1.54, 1.807) is 7.05 Å². The Morgan fingerprint density at radius 1 is 1.12 bits per heavy atom. The van der Waals surface area contributed by atoms with Crippen molar-refractivity contribution < 1.29 is 9.63 Å². The van der Waals surface area contributed by atoms with Crippen molar-refractivity contribution in [3.8, 4) is 0 Å². The molecule has 0 aromatic heterocycles. The zero-order chi connectivity index (χ0) is 23.2. The first-order valence-corrected chi connectivity index (χ1v) is 11.9. The number of amidine groups is 1. The monoisotopic (exact) mass is 489 g/mol. The highest BCUT2D eigenvalue weighted by Crippen LogP contribution is 2.56. The van der Waals surface area contributed by atoms with Crippen LogP contribution in [0.15, 0.2) is 64.1 Å². The van der Waals surface area contributed by atoms with Crippen molar-refractivity contribution in [2.24, 2.45) is 10.9 Å². The van der Waals surface area contributed by atoms with Gasteiger partial charge < -0.3 is 4.90 Å². The molecule has 8 heteroatoms. The molecule has 2 aliphatic heterocycles. The average molecular weight is 490 g/mol. The lowest BCUT2D eigenvalue weighted by atomic mass is 9.81. The van der Waals surface area contributed by atoms with Crippen LogP contribution >= 0.6 is 35.0 Å². The van der Waals surface area contributed by atoms with Gasteiger partial charge in [-0.1, -0.05) is 61.3 Å². The molecule has 2 aromatic rings. The van der Waals surface area contributed by atoms with Gasteiger partial charge in [0.05, 0.1) is 13.2 Å². The lowest BCUT2D eigenvalue weighted by molar-refractivity contribution is -0.163. The summed E-state index contributed by atoms with van der Waals surface area (Å²) in [5.41, 5.74) is 2.48. The van der Waals surface area contributed by atoms with Gasteiger partial charge in [0.25, 0.3) is 5.91 Å². The third-order valence-electron chi connectivity index (χ3n) is 5.93. The van der Waals surface area contributed by atoms with Crippen LogP contribution in [0.25, 0.3) is 0 Å². The van der Waals surface area contributed by atoms with Gasteiger partial charge in [0.15, 0.2) is 5.17 Å². The number of fused-ring (bicyclic) bond motifs is 1. The minimum atomic E-state index is -0.581. The molecule has 0 radical (unpaired) electrons. The second kappa shape index (κ2) is 8.75. The standard InChI is InChI=1S/C24H25Cl2N3O2S/c1-14(2)19-20(22(30)28(4)31-5)32-23-27-24(3,16-8-12-18(26)13-9-16)21(29(19)23)15-6-10-17(25)11-7-15/h6-14,21H,1-5H3. The minimum Gasteiger partial charge on any atom is -0.313 e. The molecular formula is C24H25Cl2N3O2S. The van der Waals surface area contributed by atoms with Crippen molar-refractivity contribution in [1.82, 2.24) is 9.96 Å². The fourth-order valence-corrected chi connectivity index (χ4v) is 5.92. The number of halogens is 2. The zero-order valence-electron chi connectivity index (χ0n) is 18.6. The SMILES string of the molecule is CON(C)C(=O)C1=C(C(C)C)N2C(=NC(C)(c3ccc(Cl)cc3)C2c2ccc(Cl)cc2)S1. The maximum absolute atomic E-state index is 13.1. The molecule has 0 spiro atoms. The Kier molecular flexibility index (Phi) is 6.34. The second-order valence-electron chi connectivity index (χ2n) is 8.33. The van der Waals surface area contributed by atoms with Crippen molar-refractivity contribution in [1.29, 1.82) is 0 Å². The maximum Gasteiger partial charge on any atom is 0.285 e. The highest BCUT2D eigenvalue weighted by Gasteiger charge is 2.53. The third-order valence-corrected chi connectivity index (χ3v) is 7.49. The third kappa shape index (κ3) is 3.83. The van der Waals surface area contributed by atoms with Gasteiger partial charge in [0.2, 0.25) is 0 Å². The number of hydrogen-bond donors (Lipinski definition) is 0. The number of carbonyl (C=O) groups excluding carboxylic acids is 1. The van der Waals surface area contributed by atoms with Gasteiger partial charge in [0.1, 0.15) is 10.4 Å². The van der Waals surface area contributed by atoms with Gasteiger partial charge in [0, 0.05) is 22.8 Å². The molecule has 5 nitrogen and oxygen atoms in total. The normalized spacial score (nSPS) is 22.4. The molecule has 0 N–H and O–H groups in total. The van der Waals surface area contributed by atoms with Gasteiger partial charge in [-0.25, -0.2) is 10.1 Å². The van der Waals surface area contributed by atoms with Gasteiger partial charge in [-0.15, -0.1) is 0 Å². The van der Waals surface area contributed by atoms with Crippen LogP contribution in [-0.4, -0.2) is 35.2 Å². The quantitative estimate of drug-likeness (QED) is 0.465. The Morgan fingerprint density at radius 2 is 1.69 bits per heavy atom. The van der Waals surface area contributed by atoms with E-state index in [4.69, 9.17) is 33.0 Å². The predicted octanol–water partition coefficient (Wildman–Crippen LogP) is 6.26. The Labute approximate surface area is 203 Å². The minimum absolute atomic E-state index is 0.0989. The van der Waals surface area contributed by atoms with E-state index in [2.05, 4.69) is 25.7 Å². The van der Waals surface area contributed by atoms with Gasteiger partial charge in [-0.2, -0.15) is 0 Å². The first-order valence-electron chi connectivity index (χ1n) is 10.3. The van der Waals surface area contributed by atoms with Gasteiger partial charge in [-0.05, 0) is 60.0 Å². The van der Waals surface area contributed by atoms with E-state index in [0.717, 1.165) is 22.0 Å². The Bertz CT molecular complexity index is 1100. The number of rotatable bonds is 5. The zero-order valence-corrected chi connectivity index (χ0v) is 20.9. The first-order chi connectivity index (χ1) is 15.2. The lowest BCUT2D eigenvalue weighted by Gasteiger charge is -2.37. The Balaban J connectivity index is 1.89. The van der Waals surface area contributed by atoms with E-state index >= 15 is 0 Å². The summed E-state index contributed by atoms with van der Waals surface area (Å²) >= 11 is 13.8. The Morgan fingerprint density at radius 3 is 2.22 bits per heavy atom. The highest BCUT2D eigenvalue weighted by atomic mass is 35.5. The summed E-state index contributed by atoms with van der Waals surface area (Å²) in [6.45, 7) is 6.31. The molecule has 168 valence electrons. The highest BCUT2D eigenvalue weighted by molar-refractivity contribution is 8.18. The van der Waals surface area contributed by atoms with Crippen LogP contribution in [0, 0.1) is 5.92 Å². The summed E-state index contributed by atoms with van der Waals surface area (Å²) in [6, 6.07) is 15.5. The number of hydroxylamine groups is 2. The molecule has 4 rings (SSSR count). The molecule has 2 atom stereocenters. The Hall–Kier alpha value is -1.99. The van der Waals surface area contributed by atoms with E-state index in [1.165, 1.54) is 23.9 Å². The molecular weight excluding hydrogens is 465 g/mol. The van der Waals surface area contributed by atoms with Gasteiger partial charge >= 0.3 is 0 Å². The number of benzene rings is 2. The molecule has 2 aliphatic rings. The number of allylic oxidation sites excluding steroid dienone is 1. The van der Waals surface area contributed by atoms with Crippen molar-refractivity contribution >= 4 is 46.0 Å². The molecule has 0 saturated heterocycles. The molecule has 0 saturated carbocycles. The first kappa shape index (κ1) is 23.2. The van der Waals surface area contributed by atoms with Crippen molar-refractivity contribution in [3.05, 3.63) is 80.3 Å². The van der Waals surface area contributed by atoms with Crippen LogP contribution in [0.3, 0.4) is 0 Å². The number of thioether (sulfide) groups is 1. The van der Waals surface area contributed by atoms with E-state index in [1.807, 2.05) is 48.5 Å². The van der Waals surface area contributed by atoms with Gasteiger partial charge in [-0.3, -0.25) is 9.63 Å². The number of hydrogen-bond acceptors (Lipinski definition) is 5. The molecule has 2 heterocycles. The molecule has 0 aliphatic carbocycles. The lowest BCUT2D eigenvalue weighted by Crippen LogP contribution is -2.36.